The van der Waals surface area contributed by atoms with Gasteiger partial charge in [0.05, 0.1) is 22.4 Å². The third-order valence-electron chi connectivity index (χ3n) is 13.2. The Morgan fingerprint density at radius 3 is 2.70 bits per heavy atom. The van der Waals surface area contributed by atoms with Crippen molar-refractivity contribution in [1.82, 2.24) is 20.2 Å². The largest absolute Gasteiger partial charge is 0.508 e. The van der Waals surface area contributed by atoms with Crippen molar-refractivity contribution in [3.8, 4) is 24.1 Å². The number of ether oxygens (including phenoxy) is 1. The molecule has 300 valence electrons. The van der Waals surface area contributed by atoms with Crippen LogP contribution in [0.25, 0.3) is 10.8 Å². The SMILES string of the molecule is C#Cc1c(F)ccc2cc(O)cc([C@@H]3CCc4c(nc(OC[C@]5(C(C)C)C[C@@H](F)CN5CC5CCC(C)(O)CC5)nc4N4CCCCC(NC(=O)C=C)C4)C3)c12. The molecule has 2 saturated heterocycles. The first-order chi connectivity index (χ1) is 26.8. The number of aliphatic hydroxyl groups is 1. The number of nitrogens with one attached hydrogen (secondary N) is 1. The van der Waals surface area contributed by atoms with Gasteiger partial charge in [0.15, 0.2) is 0 Å². The summed E-state index contributed by atoms with van der Waals surface area (Å²) in [5.74, 6) is 3.06. The molecule has 3 fully saturated rings. The fourth-order valence-corrected chi connectivity index (χ4v) is 9.95. The van der Waals surface area contributed by atoms with Crippen LogP contribution in [-0.4, -0.2) is 87.1 Å². The van der Waals surface area contributed by atoms with Gasteiger partial charge in [-0.1, -0.05) is 32.4 Å². The van der Waals surface area contributed by atoms with Crippen LogP contribution in [0.5, 0.6) is 11.8 Å². The lowest BCUT2D eigenvalue weighted by Gasteiger charge is -2.44. The number of fused-ring (bicyclic) bond motifs is 2. The zero-order valence-electron chi connectivity index (χ0n) is 33.1. The van der Waals surface area contributed by atoms with Crippen molar-refractivity contribution in [2.24, 2.45) is 11.8 Å². The number of halogens is 2. The Kier molecular flexibility index (Phi) is 11.6. The number of alkyl halides is 1. The lowest BCUT2D eigenvalue weighted by Crippen LogP contribution is -2.54. The third-order valence-corrected chi connectivity index (χ3v) is 13.2. The lowest BCUT2D eigenvalue weighted by atomic mass is 9.78. The minimum absolute atomic E-state index is 0.0843. The Hall–Kier alpha value is -4.27. The van der Waals surface area contributed by atoms with Gasteiger partial charge in [0, 0.05) is 49.6 Å². The van der Waals surface area contributed by atoms with E-state index in [1.807, 2.05) is 6.92 Å². The number of likely N-dealkylation sites (tertiary alicyclic amines) is 1. The van der Waals surface area contributed by atoms with Crippen LogP contribution in [0.2, 0.25) is 0 Å². The number of hydrogen-bond donors (Lipinski definition) is 3. The average Bonchev–Trinajstić information content (AvgIpc) is 3.32. The van der Waals surface area contributed by atoms with Crippen LogP contribution in [0.4, 0.5) is 14.6 Å². The van der Waals surface area contributed by atoms with Gasteiger partial charge in [-0.05, 0) is 124 Å². The number of nitrogens with zero attached hydrogens (tertiary/aromatic N) is 4. The highest BCUT2D eigenvalue weighted by atomic mass is 19.1. The second kappa shape index (κ2) is 16.3. The number of anilines is 1. The van der Waals surface area contributed by atoms with Crippen molar-refractivity contribution in [2.45, 2.75) is 121 Å². The van der Waals surface area contributed by atoms with E-state index in [-0.39, 0.29) is 47.7 Å². The van der Waals surface area contributed by atoms with Crippen LogP contribution in [0.1, 0.15) is 107 Å². The van der Waals surface area contributed by atoms with E-state index in [1.54, 1.807) is 18.2 Å². The van der Waals surface area contributed by atoms with Crippen molar-refractivity contribution in [1.29, 1.82) is 0 Å². The normalized spacial score (nSPS) is 28.4. The molecule has 56 heavy (non-hydrogen) atoms. The van der Waals surface area contributed by atoms with Crippen molar-refractivity contribution in [3.05, 3.63) is 65.1 Å². The van der Waals surface area contributed by atoms with Gasteiger partial charge in [0.25, 0.3) is 0 Å². The summed E-state index contributed by atoms with van der Waals surface area (Å²) < 4.78 is 37.3. The highest BCUT2D eigenvalue weighted by Crippen LogP contribution is 2.44. The summed E-state index contributed by atoms with van der Waals surface area (Å²) in [7, 11) is 0. The van der Waals surface area contributed by atoms with Gasteiger partial charge < -0.3 is 25.2 Å². The number of terminal acetylenes is 1. The zero-order chi connectivity index (χ0) is 39.8. The number of aromatic hydroxyl groups is 1. The number of phenolic OH excluding ortho intramolecular Hbond substituents is 1. The minimum atomic E-state index is -0.983. The molecule has 3 aromatic rings. The average molecular weight is 770 g/mol. The van der Waals surface area contributed by atoms with Crippen LogP contribution < -0.4 is 15.0 Å². The first kappa shape index (κ1) is 39.9. The number of benzene rings is 2. The maximum Gasteiger partial charge on any atom is 0.318 e. The molecule has 2 aromatic carbocycles. The molecule has 2 aliphatic carbocycles. The molecule has 1 amide bonds. The number of aromatic nitrogens is 2. The van der Waals surface area contributed by atoms with E-state index in [0.717, 1.165) is 80.7 Å². The molecule has 1 unspecified atom stereocenters. The van der Waals surface area contributed by atoms with Gasteiger partial charge in [-0.25, -0.2) is 8.78 Å². The topological polar surface area (TPSA) is 111 Å². The molecule has 4 aliphatic rings. The zero-order valence-corrected chi connectivity index (χ0v) is 33.1. The van der Waals surface area contributed by atoms with E-state index in [9.17, 15) is 15.0 Å². The van der Waals surface area contributed by atoms with Gasteiger partial charge in [-0.2, -0.15) is 9.97 Å². The second-order valence-corrected chi connectivity index (χ2v) is 17.4. The number of hydrogen-bond acceptors (Lipinski definition) is 8. The predicted molar refractivity (Wildman–Crippen MR) is 215 cm³/mol. The monoisotopic (exact) mass is 769 g/mol. The Balaban J connectivity index is 1.24. The molecule has 1 aromatic heterocycles. The summed E-state index contributed by atoms with van der Waals surface area (Å²) in [5.41, 5.74) is 1.57. The molecule has 7 rings (SSSR count). The Labute approximate surface area is 329 Å². The first-order valence-corrected chi connectivity index (χ1v) is 20.5. The molecule has 0 bridgehead atoms. The lowest BCUT2D eigenvalue weighted by molar-refractivity contribution is -0.117. The Bertz CT molecular complexity index is 1990. The molecule has 9 nitrogen and oxygen atoms in total. The number of rotatable bonds is 10. The number of phenols is 1. The van der Waals surface area contributed by atoms with E-state index in [4.69, 9.17) is 21.1 Å². The van der Waals surface area contributed by atoms with Crippen LogP contribution in [-0.2, 0) is 17.6 Å². The Morgan fingerprint density at radius 1 is 1.18 bits per heavy atom. The van der Waals surface area contributed by atoms with Gasteiger partial charge in [0.2, 0.25) is 5.91 Å². The number of amides is 1. The molecule has 0 spiro atoms. The molecule has 1 saturated carbocycles. The molecule has 3 N–H and O–H groups in total. The number of carbonyl (C=O) groups is 1. The smallest absolute Gasteiger partial charge is 0.318 e. The molecule has 4 atom stereocenters. The van der Waals surface area contributed by atoms with Crippen molar-refractivity contribution in [2.75, 3.05) is 37.7 Å². The van der Waals surface area contributed by atoms with Crippen molar-refractivity contribution in [3.63, 3.8) is 0 Å². The third kappa shape index (κ3) is 8.24. The summed E-state index contributed by atoms with van der Waals surface area (Å²) in [6, 6.07) is 6.43. The summed E-state index contributed by atoms with van der Waals surface area (Å²) >= 11 is 0. The highest BCUT2D eigenvalue weighted by molar-refractivity contribution is 5.93. The van der Waals surface area contributed by atoms with Crippen LogP contribution in [0.15, 0.2) is 36.9 Å². The maximum atomic E-state index is 15.5. The van der Waals surface area contributed by atoms with E-state index in [2.05, 4.69) is 41.5 Å². The van der Waals surface area contributed by atoms with Gasteiger partial charge >= 0.3 is 6.01 Å². The summed E-state index contributed by atoms with van der Waals surface area (Å²) in [4.78, 5) is 27.1. The minimum Gasteiger partial charge on any atom is -0.508 e. The van der Waals surface area contributed by atoms with Crippen molar-refractivity contribution < 1.29 is 28.5 Å². The van der Waals surface area contributed by atoms with E-state index >= 15 is 8.78 Å². The van der Waals surface area contributed by atoms with Crippen LogP contribution in [0, 0.1) is 30.0 Å². The molecule has 11 heteroatoms. The van der Waals surface area contributed by atoms with Crippen molar-refractivity contribution >= 4 is 22.5 Å². The van der Waals surface area contributed by atoms with Gasteiger partial charge in [-0.3, -0.25) is 9.69 Å². The second-order valence-electron chi connectivity index (χ2n) is 17.4. The standard InChI is InChI=1S/C45H57F2N5O4/c1-6-35-38(47)14-12-31-20-34(53)22-37(41(31)35)30-11-13-36-39(21-30)49-43(50-42(36)51-19-9-8-10-33(26-51)48-40(54)7-2)56-27-45(28(3)4)23-32(46)25-52(45)24-29-15-17-44(5,55)18-16-29/h1,7,12,14,20,22,28-30,32-33,53,55H,2,8-11,13,15-19,21,23-27H2,3-5H3,(H,48,54)/t29?,30-,32-,33?,44?,45+/m1/s1. The first-order valence-electron chi connectivity index (χ1n) is 20.5. The van der Waals surface area contributed by atoms with E-state index < -0.39 is 23.1 Å². The molecular formula is C45H57F2N5O4. The van der Waals surface area contributed by atoms with Gasteiger partial charge in [0.1, 0.15) is 30.2 Å². The fourth-order valence-electron chi connectivity index (χ4n) is 9.95. The molecule has 3 heterocycles. The fraction of sp³-hybridized carbons (Fsp3) is 0.578. The number of carbonyl (C=O) groups excluding carboxylic acids is 1. The van der Waals surface area contributed by atoms with E-state index in [0.29, 0.717) is 55.5 Å². The van der Waals surface area contributed by atoms with Crippen LogP contribution >= 0.6 is 0 Å². The van der Waals surface area contributed by atoms with E-state index in [1.165, 1.54) is 12.1 Å². The van der Waals surface area contributed by atoms with Crippen LogP contribution in [0.3, 0.4) is 0 Å². The predicted octanol–water partition coefficient (Wildman–Crippen LogP) is 7.15. The maximum absolute atomic E-state index is 15.5. The molecule has 0 radical (unpaired) electrons. The summed E-state index contributed by atoms with van der Waals surface area (Å²) in [5, 5.41) is 25.8. The van der Waals surface area contributed by atoms with Gasteiger partial charge in [-0.15, -0.1) is 6.42 Å². The highest BCUT2D eigenvalue weighted by Gasteiger charge is 2.50. The molecular weight excluding hydrogens is 713 g/mol. The Morgan fingerprint density at radius 2 is 1.96 bits per heavy atom. The molecule has 2 aliphatic heterocycles. The summed E-state index contributed by atoms with van der Waals surface area (Å²) in [6.45, 7) is 12.4. The quantitative estimate of drug-likeness (QED) is 0.148. The summed E-state index contributed by atoms with van der Waals surface area (Å²) in [6.07, 6.45) is 14.4.